The molecule has 0 amide bonds. The summed E-state index contributed by atoms with van der Waals surface area (Å²) in [7, 11) is -7.92. The number of esters is 1. The first-order valence-corrected chi connectivity index (χ1v) is 13.6. The summed E-state index contributed by atoms with van der Waals surface area (Å²) in [6.45, 7) is 3.52. The molecule has 10 nitrogen and oxygen atoms in total. The van der Waals surface area contributed by atoms with Crippen LogP contribution in [0.3, 0.4) is 0 Å². The Hall–Kier alpha value is -3.51. The number of carbonyl (C=O) groups excluding carboxylic acids is 1. The summed E-state index contributed by atoms with van der Waals surface area (Å²) in [6.07, 6.45) is 5.45. The van der Waals surface area contributed by atoms with Crippen LogP contribution in [0.15, 0.2) is 64.9 Å². The summed E-state index contributed by atoms with van der Waals surface area (Å²) in [5.41, 5.74) is 1.56. The van der Waals surface area contributed by atoms with Crippen molar-refractivity contribution >= 4 is 36.7 Å². The number of carbonyl (C=O) groups is 1. The van der Waals surface area contributed by atoms with Crippen molar-refractivity contribution in [2.45, 2.75) is 36.2 Å². The molecule has 0 aliphatic rings. The monoisotopic (exact) mass is 502 g/mol. The van der Waals surface area contributed by atoms with Gasteiger partial charge in [0.1, 0.15) is 6.10 Å². The number of hydrogen-bond acceptors (Lipinski definition) is 8. The van der Waals surface area contributed by atoms with Crippen molar-refractivity contribution in [2.24, 2.45) is 0 Å². The Morgan fingerprint density at radius 3 is 2.44 bits per heavy atom. The molecule has 0 bridgehead atoms. The summed E-state index contributed by atoms with van der Waals surface area (Å²) in [5.74, 6) is -0.743. The molecule has 4 rings (SSSR count). The molecule has 34 heavy (non-hydrogen) atoms. The maximum absolute atomic E-state index is 13.4. The van der Waals surface area contributed by atoms with Crippen LogP contribution in [0, 0.1) is 6.92 Å². The van der Waals surface area contributed by atoms with E-state index in [1.54, 1.807) is 19.1 Å². The number of hydrogen-bond donors (Lipinski definition) is 1. The molecule has 1 atom stereocenters. The highest BCUT2D eigenvalue weighted by Gasteiger charge is 2.30. The maximum Gasteiger partial charge on any atom is 0.341 e. The standard InChI is InChI=1S/C22H22N4O6S2/c1-4-21(32-22(27)18-10-23-12-19-17(18)11-24-25-19)20-9-16(33(3,28)29)13-26(20)34(30,31)15-7-5-14(2)6-8-15/h5-13,21H,4H2,1-3H3,(H,24,25). The number of pyridine rings is 1. The van der Waals surface area contributed by atoms with Crippen molar-refractivity contribution in [1.29, 1.82) is 0 Å². The number of fused-ring (bicyclic) bond motifs is 1. The molecule has 178 valence electrons. The highest BCUT2D eigenvalue weighted by atomic mass is 32.2. The number of ether oxygens (including phenoxy) is 1. The molecule has 0 spiro atoms. The van der Waals surface area contributed by atoms with E-state index in [2.05, 4.69) is 15.2 Å². The van der Waals surface area contributed by atoms with Gasteiger partial charge >= 0.3 is 5.97 Å². The van der Waals surface area contributed by atoms with Gasteiger partial charge in [-0.15, -0.1) is 0 Å². The van der Waals surface area contributed by atoms with E-state index in [-0.39, 0.29) is 27.5 Å². The van der Waals surface area contributed by atoms with E-state index in [1.165, 1.54) is 36.8 Å². The van der Waals surface area contributed by atoms with Crippen LogP contribution in [-0.4, -0.2) is 48.2 Å². The number of benzene rings is 1. The van der Waals surface area contributed by atoms with Gasteiger partial charge in [0.2, 0.25) is 0 Å². The minimum Gasteiger partial charge on any atom is -0.452 e. The largest absolute Gasteiger partial charge is 0.452 e. The zero-order chi connectivity index (χ0) is 24.7. The number of H-pyrrole nitrogens is 1. The van der Waals surface area contributed by atoms with E-state index < -0.39 is 31.9 Å². The summed E-state index contributed by atoms with van der Waals surface area (Å²) >= 11 is 0. The fourth-order valence-electron chi connectivity index (χ4n) is 3.48. The van der Waals surface area contributed by atoms with Crippen LogP contribution in [0.2, 0.25) is 0 Å². The molecule has 1 N–H and O–H groups in total. The molecule has 0 saturated heterocycles. The van der Waals surface area contributed by atoms with E-state index in [0.717, 1.165) is 22.0 Å². The Bertz CT molecular complexity index is 1590. The lowest BCUT2D eigenvalue weighted by Crippen LogP contribution is -2.20. The van der Waals surface area contributed by atoms with Crippen LogP contribution in [-0.2, 0) is 24.6 Å². The van der Waals surface area contributed by atoms with Gasteiger partial charge in [-0.2, -0.15) is 5.10 Å². The van der Waals surface area contributed by atoms with Gasteiger partial charge in [-0.05, 0) is 31.5 Å². The van der Waals surface area contributed by atoms with Gasteiger partial charge in [-0.3, -0.25) is 10.1 Å². The van der Waals surface area contributed by atoms with Crippen molar-refractivity contribution in [2.75, 3.05) is 6.26 Å². The molecule has 0 saturated carbocycles. The Balaban J connectivity index is 1.80. The Kier molecular flexibility index (Phi) is 6.04. The fraction of sp³-hybridized carbons (Fsp3) is 0.227. The third kappa shape index (κ3) is 4.33. The van der Waals surface area contributed by atoms with Gasteiger partial charge in [0.15, 0.2) is 9.84 Å². The number of sulfone groups is 1. The van der Waals surface area contributed by atoms with Gasteiger partial charge in [0.05, 0.1) is 39.0 Å². The van der Waals surface area contributed by atoms with E-state index in [4.69, 9.17) is 4.74 Å². The minimum atomic E-state index is -4.17. The smallest absolute Gasteiger partial charge is 0.341 e. The maximum atomic E-state index is 13.4. The van der Waals surface area contributed by atoms with Gasteiger partial charge in [-0.1, -0.05) is 24.6 Å². The van der Waals surface area contributed by atoms with Crippen molar-refractivity contribution in [1.82, 2.24) is 19.2 Å². The SMILES string of the molecule is CCC(OC(=O)c1cncc2[nH]ncc12)c1cc(S(C)(=O)=O)cn1S(=O)(=O)c1ccc(C)cc1. The quantitative estimate of drug-likeness (QED) is 0.380. The van der Waals surface area contributed by atoms with Crippen LogP contribution < -0.4 is 0 Å². The highest BCUT2D eigenvalue weighted by Crippen LogP contribution is 2.31. The zero-order valence-electron chi connectivity index (χ0n) is 18.6. The molecule has 1 unspecified atom stereocenters. The first-order valence-electron chi connectivity index (χ1n) is 10.2. The minimum absolute atomic E-state index is 0.0178. The predicted molar refractivity (Wildman–Crippen MR) is 124 cm³/mol. The van der Waals surface area contributed by atoms with E-state index in [0.29, 0.717) is 10.9 Å². The zero-order valence-corrected chi connectivity index (χ0v) is 20.2. The molecular formula is C22H22N4O6S2. The summed E-state index contributed by atoms with van der Waals surface area (Å²) in [6, 6.07) is 7.38. The van der Waals surface area contributed by atoms with E-state index >= 15 is 0 Å². The molecule has 12 heteroatoms. The van der Waals surface area contributed by atoms with Crippen LogP contribution in [0.5, 0.6) is 0 Å². The topological polar surface area (TPSA) is 141 Å². The van der Waals surface area contributed by atoms with Crippen molar-refractivity contribution in [3.8, 4) is 0 Å². The summed E-state index contributed by atoms with van der Waals surface area (Å²) in [5, 5.41) is 7.10. The number of aromatic nitrogens is 4. The van der Waals surface area contributed by atoms with E-state index in [9.17, 15) is 21.6 Å². The van der Waals surface area contributed by atoms with Crippen LogP contribution in [0.1, 0.15) is 41.1 Å². The molecule has 0 aliphatic heterocycles. The average Bonchev–Trinajstić information content (AvgIpc) is 3.45. The Morgan fingerprint density at radius 2 is 1.79 bits per heavy atom. The van der Waals surface area contributed by atoms with Crippen LogP contribution in [0.25, 0.3) is 10.9 Å². The number of rotatable bonds is 7. The van der Waals surface area contributed by atoms with Gasteiger partial charge in [-0.25, -0.2) is 25.6 Å². The molecule has 1 aromatic carbocycles. The van der Waals surface area contributed by atoms with Crippen LogP contribution >= 0.6 is 0 Å². The van der Waals surface area contributed by atoms with Crippen molar-refractivity contribution in [3.05, 3.63) is 71.9 Å². The van der Waals surface area contributed by atoms with Gasteiger partial charge < -0.3 is 4.74 Å². The average molecular weight is 503 g/mol. The van der Waals surface area contributed by atoms with Crippen LogP contribution in [0.4, 0.5) is 0 Å². The first-order chi connectivity index (χ1) is 16.0. The normalized spacial score (nSPS) is 13.1. The number of aryl methyl sites for hydroxylation is 1. The van der Waals surface area contributed by atoms with E-state index in [1.807, 2.05) is 6.92 Å². The predicted octanol–water partition coefficient (Wildman–Crippen LogP) is 3.02. The fourth-order valence-corrected chi connectivity index (χ4v) is 5.59. The van der Waals surface area contributed by atoms with Gasteiger partial charge in [0, 0.05) is 24.0 Å². The molecule has 4 aromatic rings. The molecule has 0 fully saturated rings. The Labute approximate surface area is 196 Å². The number of nitrogens with one attached hydrogen (secondary N) is 1. The highest BCUT2D eigenvalue weighted by molar-refractivity contribution is 7.91. The third-order valence-electron chi connectivity index (χ3n) is 5.33. The Morgan fingerprint density at radius 1 is 1.09 bits per heavy atom. The second kappa shape index (κ2) is 8.69. The molecule has 0 aliphatic carbocycles. The molecule has 0 radical (unpaired) electrons. The third-order valence-corrected chi connectivity index (χ3v) is 8.11. The lowest BCUT2D eigenvalue weighted by molar-refractivity contribution is 0.0278. The number of aromatic amines is 1. The van der Waals surface area contributed by atoms with Crippen molar-refractivity contribution in [3.63, 3.8) is 0 Å². The number of nitrogens with zero attached hydrogens (tertiary/aromatic N) is 3. The van der Waals surface area contributed by atoms with Gasteiger partial charge in [0.25, 0.3) is 10.0 Å². The summed E-state index contributed by atoms with van der Waals surface area (Å²) in [4.78, 5) is 16.8. The molecule has 3 heterocycles. The second-order valence-electron chi connectivity index (χ2n) is 7.81. The van der Waals surface area contributed by atoms with Crippen molar-refractivity contribution < 1.29 is 26.4 Å². The first kappa shape index (κ1) is 23.6. The lowest BCUT2D eigenvalue weighted by Gasteiger charge is -2.19. The molecular weight excluding hydrogens is 480 g/mol. The lowest BCUT2D eigenvalue weighted by atomic mass is 10.2. The molecule has 3 aromatic heterocycles. The summed E-state index contributed by atoms with van der Waals surface area (Å²) < 4.78 is 57.9. The second-order valence-corrected chi connectivity index (χ2v) is 11.6.